The summed E-state index contributed by atoms with van der Waals surface area (Å²) < 4.78 is 68.1. The topological polar surface area (TPSA) is 237 Å². The lowest BCUT2D eigenvalue weighted by atomic mass is 9.99. The van der Waals surface area contributed by atoms with Crippen LogP contribution in [0.25, 0.3) is 0 Å². The van der Waals surface area contributed by atoms with E-state index < -0.39 is 97.5 Å². The van der Waals surface area contributed by atoms with Gasteiger partial charge in [0.1, 0.15) is 19.3 Å². The highest BCUT2D eigenvalue weighted by Crippen LogP contribution is 2.45. The molecule has 516 valence electrons. The summed E-state index contributed by atoms with van der Waals surface area (Å²) in [5, 5.41) is 10.6. The van der Waals surface area contributed by atoms with Crippen LogP contribution in [0.4, 0.5) is 0 Å². The van der Waals surface area contributed by atoms with E-state index in [1.165, 1.54) is 128 Å². The van der Waals surface area contributed by atoms with Crippen molar-refractivity contribution in [3.8, 4) is 0 Å². The largest absolute Gasteiger partial charge is 0.472 e. The van der Waals surface area contributed by atoms with E-state index in [1.807, 2.05) is 0 Å². The van der Waals surface area contributed by atoms with E-state index in [9.17, 15) is 43.2 Å². The zero-order valence-corrected chi connectivity index (χ0v) is 58.4. The molecule has 0 rings (SSSR count). The van der Waals surface area contributed by atoms with Crippen LogP contribution < -0.4 is 0 Å². The minimum Gasteiger partial charge on any atom is -0.462 e. The van der Waals surface area contributed by atoms with Crippen LogP contribution in [0.5, 0.6) is 0 Å². The van der Waals surface area contributed by atoms with Crippen molar-refractivity contribution in [3.05, 3.63) is 0 Å². The van der Waals surface area contributed by atoms with E-state index in [1.54, 1.807) is 0 Å². The molecule has 0 fully saturated rings. The van der Waals surface area contributed by atoms with Gasteiger partial charge in [0.25, 0.3) is 0 Å². The minimum absolute atomic E-state index is 0.101. The molecular formula is C68H132O17P2. The van der Waals surface area contributed by atoms with Gasteiger partial charge in [0.05, 0.1) is 26.4 Å². The Kier molecular flexibility index (Phi) is 56.6. The summed E-state index contributed by atoms with van der Waals surface area (Å²) in [6.45, 7) is 14.0. The van der Waals surface area contributed by atoms with E-state index >= 15 is 0 Å². The highest BCUT2D eigenvalue weighted by atomic mass is 31.2. The van der Waals surface area contributed by atoms with Crippen LogP contribution in [0.3, 0.4) is 0 Å². The van der Waals surface area contributed by atoms with Crippen LogP contribution >= 0.6 is 15.6 Å². The fourth-order valence-electron chi connectivity index (χ4n) is 10.1. The molecule has 0 aliphatic heterocycles. The molecule has 87 heavy (non-hydrogen) atoms. The molecule has 0 spiro atoms. The Morgan fingerprint density at radius 2 is 0.552 bits per heavy atom. The van der Waals surface area contributed by atoms with Gasteiger partial charge < -0.3 is 33.8 Å². The number of rotatable bonds is 65. The summed E-state index contributed by atoms with van der Waals surface area (Å²) in [6.07, 6.45) is 39.1. The van der Waals surface area contributed by atoms with Gasteiger partial charge in [0.15, 0.2) is 12.2 Å². The van der Waals surface area contributed by atoms with Gasteiger partial charge in [-0.25, -0.2) is 9.13 Å². The average Bonchev–Trinajstić information content (AvgIpc) is 3.61. The molecule has 6 atom stereocenters. The zero-order valence-electron chi connectivity index (χ0n) is 56.6. The van der Waals surface area contributed by atoms with Crippen LogP contribution in [0.15, 0.2) is 0 Å². The van der Waals surface area contributed by atoms with E-state index in [0.717, 1.165) is 108 Å². The lowest BCUT2D eigenvalue weighted by Gasteiger charge is -2.21. The molecule has 0 aromatic carbocycles. The van der Waals surface area contributed by atoms with Crippen molar-refractivity contribution in [3.63, 3.8) is 0 Å². The van der Waals surface area contributed by atoms with Gasteiger partial charge in [-0.05, 0) is 49.4 Å². The first-order chi connectivity index (χ1) is 41.6. The number of phosphoric acid groups is 2. The number of hydrogen-bond donors (Lipinski definition) is 3. The maximum Gasteiger partial charge on any atom is 0.472 e. The van der Waals surface area contributed by atoms with Crippen molar-refractivity contribution < 1.29 is 80.2 Å². The van der Waals surface area contributed by atoms with Gasteiger partial charge in [-0.2, -0.15) is 0 Å². The third kappa shape index (κ3) is 61.3. The predicted molar refractivity (Wildman–Crippen MR) is 349 cm³/mol. The lowest BCUT2D eigenvalue weighted by Crippen LogP contribution is -2.30. The summed E-state index contributed by atoms with van der Waals surface area (Å²) in [5.74, 6) is 0.801. The maximum absolute atomic E-state index is 13.0. The minimum atomic E-state index is -4.95. The van der Waals surface area contributed by atoms with E-state index in [2.05, 4.69) is 55.4 Å². The number of hydrogen-bond acceptors (Lipinski definition) is 15. The third-order valence-corrected chi connectivity index (χ3v) is 17.8. The van der Waals surface area contributed by atoms with Gasteiger partial charge in [-0.15, -0.1) is 0 Å². The van der Waals surface area contributed by atoms with Crippen molar-refractivity contribution in [1.82, 2.24) is 0 Å². The van der Waals surface area contributed by atoms with Gasteiger partial charge in [0, 0.05) is 25.7 Å². The molecule has 0 amide bonds. The fraction of sp³-hybridized carbons (Fsp3) is 0.941. The van der Waals surface area contributed by atoms with Gasteiger partial charge in [-0.1, -0.05) is 280 Å². The molecule has 0 saturated heterocycles. The lowest BCUT2D eigenvalue weighted by molar-refractivity contribution is -0.161. The SMILES string of the molecule is CCC(C)CCCCCCCCCCC(=O)OC[C@H](COP(=O)(O)OCC(O)COP(=O)(O)OC[C@@H](COC(=O)CCCCCCCCCC(C)C)OC(=O)CCCCCCCCC(C)C)OC(=O)CCCCCCCCCCCCCCCC(C)C. The highest BCUT2D eigenvalue weighted by Gasteiger charge is 2.30. The number of carbonyl (C=O) groups is 4. The van der Waals surface area contributed by atoms with Crippen LogP contribution in [0, 0.1) is 23.7 Å². The summed E-state index contributed by atoms with van der Waals surface area (Å²) in [6, 6.07) is 0. The van der Waals surface area contributed by atoms with Gasteiger partial charge in [0.2, 0.25) is 0 Å². The maximum atomic E-state index is 13.0. The molecule has 17 nitrogen and oxygen atoms in total. The Bertz CT molecular complexity index is 1730. The summed E-state index contributed by atoms with van der Waals surface area (Å²) in [5.41, 5.74) is 0. The standard InChI is InChI=1S/C68H132O17P2/c1-9-61(8)47-39-31-22-17-18-23-32-40-48-65(70)78-54-63(84-67(72)50-42-34-24-16-14-12-10-11-13-15-20-28-36-44-58(2)3)56-82-86(74,75)80-52-62(69)53-81-87(76,77)83-57-64(85-68(73)51-43-35-27-26-30-38-46-60(6)7)55-79-66(71)49-41-33-25-19-21-29-37-45-59(4)5/h58-64,69H,9-57H2,1-8H3,(H,74,75)(H,76,77)/t61?,62?,63-,64-/m1/s1. The zero-order chi connectivity index (χ0) is 64.7. The van der Waals surface area contributed by atoms with Crippen molar-refractivity contribution in [2.45, 2.75) is 350 Å². The average molecular weight is 1280 g/mol. The molecular weight excluding hydrogens is 1150 g/mol. The molecule has 4 unspecified atom stereocenters. The Morgan fingerprint density at radius 3 is 0.816 bits per heavy atom. The molecule has 0 aromatic heterocycles. The van der Waals surface area contributed by atoms with Crippen molar-refractivity contribution in [1.29, 1.82) is 0 Å². The predicted octanol–water partition coefficient (Wildman–Crippen LogP) is 18.9. The fourth-order valence-corrected chi connectivity index (χ4v) is 11.7. The summed E-state index contributed by atoms with van der Waals surface area (Å²) >= 11 is 0. The van der Waals surface area contributed by atoms with Crippen molar-refractivity contribution in [2.24, 2.45) is 23.7 Å². The Morgan fingerprint density at radius 1 is 0.322 bits per heavy atom. The van der Waals surface area contributed by atoms with E-state index in [0.29, 0.717) is 37.5 Å². The quantitative estimate of drug-likeness (QED) is 0.0222. The second-order valence-corrected chi connectivity index (χ2v) is 29.1. The Hall–Kier alpha value is -1.94. The molecule has 0 bridgehead atoms. The van der Waals surface area contributed by atoms with Crippen molar-refractivity contribution >= 4 is 39.5 Å². The van der Waals surface area contributed by atoms with Crippen LogP contribution in [-0.4, -0.2) is 96.7 Å². The molecule has 0 radical (unpaired) electrons. The Balaban J connectivity index is 5.24. The van der Waals surface area contributed by atoms with Crippen LogP contribution in [0.2, 0.25) is 0 Å². The van der Waals surface area contributed by atoms with E-state index in [4.69, 9.17) is 37.0 Å². The molecule has 0 aliphatic rings. The first-order valence-corrected chi connectivity index (χ1v) is 38.2. The normalized spacial score (nSPS) is 14.6. The monoisotopic (exact) mass is 1280 g/mol. The summed E-state index contributed by atoms with van der Waals surface area (Å²) in [7, 11) is -9.90. The first-order valence-electron chi connectivity index (χ1n) is 35.2. The number of phosphoric ester groups is 2. The number of aliphatic hydroxyl groups excluding tert-OH is 1. The molecule has 0 aromatic rings. The highest BCUT2D eigenvalue weighted by molar-refractivity contribution is 7.47. The molecule has 19 heteroatoms. The van der Waals surface area contributed by atoms with Crippen molar-refractivity contribution in [2.75, 3.05) is 39.6 Å². The number of ether oxygens (including phenoxy) is 4. The van der Waals surface area contributed by atoms with Gasteiger partial charge in [-0.3, -0.25) is 37.3 Å². The second-order valence-electron chi connectivity index (χ2n) is 26.2. The number of unbranched alkanes of at least 4 members (excludes halogenated alkanes) is 30. The number of aliphatic hydroxyl groups is 1. The van der Waals surface area contributed by atoms with E-state index in [-0.39, 0.29) is 25.7 Å². The number of esters is 4. The first kappa shape index (κ1) is 85.1. The van der Waals surface area contributed by atoms with Gasteiger partial charge >= 0.3 is 39.5 Å². The third-order valence-electron chi connectivity index (χ3n) is 15.9. The van der Waals surface area contributed by atoms with Crippen LogP contribution in [-0.2, 0) is 65.4 Å². The number of carbonyl (C=O) groups excluding carboxylic acids is 4. The smallest absolute Gasteiger partial charge is 0.462 e. The molecule has 0 saturated carbocycles. The second kappa shape index (κ2) is 57.9. The van der Waals surface area contributed by atoms with Crippen LogP contribution in [0.1, 0.15) is 331 Å². The molecule has 3 N–H and O–H groups in total. The molecule has 0 aliphatic carbocycles. The Labute approximate surface area is 530 Å². The molecule has 0 heterocycles. The summed E-state index contributed by atoms with van der Waals surface area (Å²) in [4.78, 5) is 72.4.